The van der Waals surface area contributed by atoms with Gasteiger partial charge in [-0.2, -0.15) is 15.0 Å². The van der Waals surface area contributed by atoms with Crippen LogP contribution in [-0.4, -0.2) is 15.0 Å². The molecule has 0 spiro atoms. The number of hydrogen-bond donors (Lipinski definition) is 1. The van der Waals surface area contributed by atoms with Crippen LogP contribution in [0.1, 0.15) is 0 Å². The van der Waals surface area contributed by atoms with Gasteiger partial charge < -0.3 is 5.73 Å². The molecule has 2 aromatic rings. The third-order valence-corrected chi connectivity index (χ3v) is 2.71. The Bertz CT molecular complexity index is 592. The van der Waals surface area contributed by atoms with Gasteiger partial charge in [0, 0.05) is 15.2 Å². The predicted octanol–water partition coefficient (Wildman–Crippen LogP) is 2.93. The maximum atomic E-state index is 10.4. The van der Waals surface area contributed by atoms with Crippen molar-refractivity contribution >= 4 is 39.4 Å². The smallest absolute Gasteiger partial charge is 0.296 e. The van der Waals surface area contributed by atoms with Gasteiger partial charge in [0.1, 0.15) is 0 Å². The van der Waals surface area contributed by atoms with E-state index in [0.29, 0.717) is 10.6 Å². The van der Waals surface area contributed by atoms with Crippen LogP contribution in [0, 0.1) is 4.91 Å². The monoisotopic (exact) mass is 313 g/mol. The molecule has 8 heteroatoms. The van der Waals surface area contributed by atoms with E-state index in [-0.39, 0.29) is 17.7 Å². The maximum Gasteiger partial charge on any atom is 0.296 e. The van der Waals surface area contributed by atoms with Gasteiger partial charge in [-0.3, -0.25) is 0 Å². The fourth-order valence-corrected chi connectivity index (χ4v) is 1.77. The Morgan fingerprint density at radius 2 is 2.06 bits per heavy atom. The lowest BCUT2D eigenvalue weighted by Crippen LogP contribution is -1.99. The van der Waals surface area contributed by atoms with E-state index in [0.717, 1.165) is 4.47 Å². The highest BCUT2D eigenvalue weighted by Gasteiger charge is 2.11. The van der Waals surface area contributed by atoms with Crippen molar-refractivity contribution in [3.05, 3.63) is 32.6 Å². The molecule has 0 unspecified atom stereocenters. The van der Waals surface area contributed by atoms with Crippen LogP contribution in [0.5, 0.6) is 0 Å². The van der Waals surface area contributed by atoms with Gasteiger partial charge in [0.05, 0.1) is 5.02 Å². The van der Waals surface area contributed by atoms with Gasteiger partial charge in [0.2, 0.25) is 5.95 Å². The topological polar surface area (TPSA) is 94.1 Å². The molecule has 0 aliphatic heterocycles. The van der Waals surface area contributed by atoms with Crippen molar-refractivity contribution in [2.45, 2.75) is 0 Å². The first-order valence-electron chi connectivity index (χ1n) is 4.40. The van der Waals surface area contributed by atoms with Crippen LogP contribution in [-0.2, 0) is 0 Å². The Morgan fingerprint density at radius 1 is 1.29 bits per heavy atom. The molecule has 0 aliphatic rings. The van der Waals surface area contributed by atoms with Crippen molar-refractivity contribution < 1.29 is 0 Å². The van der Waals surface area contributed by atoms with Crippen molar-refractivity contribution in [2.24, 2.45) is 5.18 Å². The first kappa shape index (κ1) is 11.9. The average Bonchev–Trinajstić information content (AvgIpc) is 2.31. The van der Waals surface area contributed by atoms with Gasteiger partial charge in [-0.1, -0.05) is 27.5 Å². The molecule has 0 bridgehead atoms. The average molecular weight is 315 g/mol. The number of aromatic nitrogens is 3. The van der Waals surface area contributed by atoms with Crippen molar-refractivity contribution in [3.63, 3.8) is 0 Å². The summed E-state index contributed by atoms with van der Waals surface area (Å²) in [4.78, 5) is 21.7. The predicted molar refractivity (Wildman–Crippen MR) is 67.8 cm³/mol. The minimum Gasteiger partial charge on any atom is -0.368 e. The Labute approximate surface area is 109 Å². The molecule has 0 atom stereocenters. The third kappa shape index (κ3) is 2.56. The number of rotatable bonds is 2. The van der Waals surface area contributed by atoms with Crippen LogP contribution in [0.25, 0.3) is 11.4 Å². The molecular weight excluding hydrogens is 309 g/mol. The van der Waals surface area contributed by atoms with Crippen molar-refractivity contribution in [3.8, 4) is 11.4 Å². The third-order valence-electron chi connectivity index (χ3n) is 1.89. The van der Waals surface area contributed by atoms with Crippen LogP contribution in [0.3, 0.4) is 0 Å². The molecule has 0 fully saturated rings. The largest absolute Gasteiger partial charge is 0.368 e. The van der Waals surface area contributed by atoms with Gasteiger partial charge in [0.15, 0.2) is 5.82 Å². The number of nitrogen functional groups attached to an aromatic ring is 1. The summed E-state index contributed by atoms with van der Waals surface area (Å²) in [5, 5.41) is 3.06. The number of benzene rings is 1. The zero-order chi connectivity index (χ0) is 12.4. The van der Waals surface area contributed by atoms with Crippen molar-refractivity contribution in [1.29, 1.82) is 0 Å². The Hall–Kier alpha value is -1.60. The van der Waals surface area contributed by atoms with Gasteiger partial charge in [-0.15, -0.1) is 4.91 Å². The molecule has 1 heterocycles. The van der Waals surface area contributed by atoms with Gasteiger partial charge in [0.25, 0.3) is 5.95 Å². The molecule has 86 valence electrons. The fraction of sp³-hybridized carbons (Fsp3) is 0. The lowest BCUT2D eigenvalue weighted by atomic mass is 10.2. The van der Waals surface area contributed by atoms with Crippen LogP contribution in [0.15, 0.2) is 27.8 Å². The van der Waals surface area contributed by atoms with Gasteiger partial charge >= 0.3 is 0 Å². The van der Waals surface area contributed by atoms with Crippen molar-refractivity contribution in [1.82, 2.24) is 15.0 Å². The number of hydrogen-bond acceptors (Lipinski definition) is 6. The summed E-state index contributed by atoms with van der Waals surface area (Å²) in [5.74, 6) is -0.150. The summed E-state index contributed by atoms with van der Waals surface area (Å²) in [5.41, 5.74) is 5.99. The Morgan fingerprint density at radius 3 is 2.76 bits per heavy atom. The molecule has 0 saturated carbocycles. The number of nitroso groups, excluding NO2 is 1. The molecule has 0 amide bonds. The van der Waals surface area contributed by atoms with Crippen LogP contribution < -0.4 is 5.73 Å². The van der Waals surface area contributed by atoms with E-state index in [1.54, 1.807) is 18.2 Å². The summed E-state index contributed by atoms with van der Waals surface area (Å²) in [6, 6.07) is 5.16. The van der Waals surface area contributed by atoms with E-state index in [4.69, 9.17) is 17.3 Å². The molecule has 1 aromatic heterocycles. The molecule has 0 radical (unpaired) electrons. The van der Waals surface area contributed by atoms with E-state index >= 15 is 0 Å². The summed E-state index contributed by atoms with van der Waals surface area (Å²) in [6.45, 7) is 0. The summed E-state index contributed by atoms with van der Waals surface area (Å²) in [6.07, 6.45) is 0. The van der Waals surface area contributed by atoms with Gasteiger partial charge in [-0.25, -0.2) is 0 Å². The van der Waals surface area contributed by atoms with Gasteiger partial charge in [-0.05, 0) is 18.2 Å². The van der Waals surface area contributed by atoms with Crippen LogP contribution >= 0.6 is 27.5 Å². The highest BCUT2D eigenvalue weighted by Crippen LogP contribution is 2.29. The summed E-state index contributed by atoms with van der Waals surface area (Å²) < 4.78 is 0.802. The first-order chi connectivity index (χ1) is 8.10. The minimum atomic E-state index is -0.274. The van der Waals surface area contributed by atoms with E-state index in [9.17, 15) is 4.91 Å². The highest BCUT2D eigenvalue weighted by molar-refractivity contribution is 9.10. The SMILES string of the molecule is Nc1nc(N=O)nc(-c2cc(Br)ccc2Cl)n1. The molecule has 17 heavy (non-hydrogen) atoms. The molecule has 0 aliphatic carbocycles. The van der Waals surface area contributed by atoms with E-state index in [1.165, 1.54) is 0 Å². The summed E-state index contributed by atoms with van der Waals surface area (Å²) in [7, 11) is 0. The Balaban J connectivity index is 2.63. The molecular formula is C9H5BrClN5O. The zero-order valence-corrected chi connectivity index (χ0v) is 10.6. The summed E-state index contributed by atoms with van der Waals surface area (Å²) >= 11 is 9.31. The number of anilines is 1. The number of nitrogens with zero attached hydrogens (tertiary/aromatic N) is 4. The van der Waals surface area contributed by atoms with E-state index < -0.39 is 0 Å². The van der Waals surface area contributed by atoms with Crippen LogP contribution in [0.2, 0.25) is 5.02 Å². The first-order valence-corrected chi connectivity index (χ1v) is 5.57. The Kier molecular flexibility index (Phi) is 3.30. The van der Waals surface area contributed by atoms with Crippen molar-refractivity contribution in [2.75, 3.05) is 5.73 Å². The molecule has 2 rings (SSSR count). The standard InChI is InChI=1S/C9H5BrClN5O/c10-4-1-2-6(11)5(3-4)7-13-8(12)15-9(14-7)16-17/h1-3H,(H2,12,13,14,15). The second-order valence-corrected chi connectivity index (χ2v) is 4.36. The van der Waals surface area contributed by atoms with Crippen LogP contribution in [0.4, 0.5) is 11.9 Å². The lowest BCUT2D eigenvalue weighted by Gasteiger charge is -2.04. The molecule has 0 saturated heterocycles. The zero-order valence-electron chi connectivity index (χ0n) is 8.26. The normalized spacial score (nSPS) is 10.2. The molecule has 2 N–H and O–H groups in total. The minimum absolute atomic E-state index is 0.0827. The number of halogens is 2. The number of nitrogens with two attached hydrogens (primary N) is 1. The van der Waals surface area contributed by atoms with E-state index in [2.05, 4.69) is 36.1 Å². The maximum absolute atomic E-state index is 10.4. The molecule has 6 nitrogen and oxygen atoms in total. The molecule has 1 aromatic carbocycles. The second kappa shape index (κ2) is 4.72. The van der Waals surface area contributed by atoms with E-state index in [1.807, 2.05) is 0 Å². The lowest BCUT2D eigenvalue weighted by molar-refractivity contribution is 1.05. The fourth-order valence-electron chi connectivity index (χ4n) is 1.21. The quantitative estimate of drug-likeness (QED) is 0.860. The highest BCUT2D eigenvalue weighted by atomic mass is 79.9. The second-order valence-electron chi connectivity index (χ2n) is 3.03.